The van der Waals surface area contributed by atoms with Crippen LogP contribution in [0.25, 0.3) is 0 Å². The highest BCUT2D eigenvalue weighted by atomic mass is 35.5. The second kappa shape index (κ2) is 11.7. The Balaban J connectivity index is 1.16. The van der Waals surface area contributed by atoms with Crippen molar-refractivity contribution in [1.29, 1.82) is 0 Å². The Hall–Kier alpha value is -2.49. The molecule has 6 rings (SSSR count). The standard InChI is InChI=1S/C32H39ClFN3O4/c1-20-31(28(39)10-14-38)37(18-23-11-15-40-23)30(35-20)19-36-12-8-21(9-13-36)24-4-3-5-29-25(24)17-32(2,41-29)26-7-6-22(33)16-27(26)34/h3-7,16,21,23,28,38-39H,8-15,17-19H2,1-2H3/t23-,28?,32-/m0/s1. The Labute approximate surface area is 245 Å². The number of aliphatic hydroxyl groups excluding tert-OH is 2. The van der Waals surface area contributed by atoms with Crippen molar-refractivity contribution in [3.8, 4) is 5.75 Å². The van der Waals surface area contributed by atoms with Crippen LogP contribution in [-0.2, 0) is 29.8 Å². The van der Waals surface area contributed by atoms with Crippen molar-refractivity contribution in [2.45, 2.75) is 82.8 Å². The van der Waals surface area contributed by atoms with Gasteiger partial charge in [-0.15, -0.1) is 0 Å². The zero-order chi connectivity index (χ0) is 28.7. The topological polar surface area (TPSA) is 80.0 Å². The Bertz CT molecular complexity index is 1400. The highest BCUT2D eigenvalue weighted by molar-refractivity contribution is 6.30. The van der Waals surface area contributed by atoms with Gasteiger partial charge in [0.2, 0.25) is 0 Å². The molecule has 3 atom stereocenters. The number of hydrogen-bond acceptors (Lipinski definition) is 6. The Kier molecular flexibility index (Phi) is 8.13. The van der Waals surface area contributed by atoms with E-state index in [1.54, 1.807) is 12.1 Å². The van der Waals surface area contributed by atoms with E-state index in [1.165, 1.54) is 17.2 Å². The number of fused-ring (bicyclic) bond motifs is 1. The van der Waals surface area contributed by atoms with E-state index in [4.69, 9.17) is 26.1 Å². The SMILES string of the molecule is Cc1nc(CN2CCC(c3cccc4c3C[C@@](C)(c3ccc(Cl)cc3F)O4)CC2)n(C[C@@H]2CCO2)c1C(O)CCO. The van der Waals surface area contributed by atoms with E-state index in [0.717, 1.165) is 61.9 Å². The van der Waals surface area contributed by atoms with E-state index in [-0.39, 0.29) is 24.9 Å². The first-order valence-corrected chi connectivity index (χ1v) is 15.1. The maximum Gasteiger partial charge on any atom is 0.138 e. The summed E-state index contributed by atoms with van der Waals surface area (Å²) in [6.07, 6.45) is 3.33. The van der Waals surface area contributed by atoms with E-state index < -0.39 is 11.7 Å². The molecule has 2 aromatic carbocycles. The second-order valence-electron chi connectivity index (χ2n) is 11.9. The van der Waals surface area contributed by atoms with E-state index >= 15 is 0 Å². The van der Waals surface area contributed by atoms with Crippen molar-refractivity contribution in [3.05, 3.63) is 81.1 Å². The second-order valence-corrected chi connectivity index (χ2v) is 12.4. The number of piperidine rings is 1. The summed E-state index contributed by atoms with van der Waals surface area (Å²) in [4.78, 5) is 7.31. The Morgan fingerprint density at radius 2 is 1.98 bits per heavy atom. The molecule has 2 saturated heterocycles. The van der Waals surface area contributed by atoms with Crippen molar-refractivity contribution in [2.75, 3.05) is 26.3 Å². The maximum absolute atomic E-state index is 14.9. The van der Waals surface area contributed by atoms with Crippen LogP contribution in [0.5, 0.6) is 5.75 Å². The normalized spacial score (nSPS) is 23.7. The molecule has 0 bridgehead atoms. The van der Waals surface area contributed by atoms with E-state index in [2.05, 4.69) is 15.5 Å². The van der Waals surface area contributed by atoms with Crippen molar-refractivity contribution in [2.24, 2.45) is 0 Å². The summed E-state index contributed by atoms with van der Waals surface area (Å²) in [5.74, 6) is 1.84. The predicted octanol–water partition coefficient (Wildman–Crippen LogP) is 5.42. The molecule has 1 aromatic heterocycles. The number of imidazole rings is 1. The lowest BCUT2D eigenvalue weighted by atomic mass is 9.82. The minimum atomic E-state index is -0.773. The molecular formula is C32H39ClFN3O4. The third-order valence-electron chi connectivity index (χ3n) is 9.08. The average Bonchev–Trinajstić information content (AvgIpc) is 3.42. The third kappa shape index (κ3) is 5.65. The molecule has 0 saturated carbocycles. The van der Waals surface area contributed by atoms with Gasteiger partial charge in [-0.3, -0.25) is 4.90 Å². The summed E-state index contributed by atoms with van der Waals surface area (Å²) in [6, 6.07) is 11.0. The number of halogens is 2. The van der Waals surface area contributed by atoms with Crippen LogP contribution in [0.15, 0.2) is 36.4 Å². The minimum Gasteiger partial charge on any atom is -0.482 e. The van der Waals surface area contributed by atoms with E-state index in [9.17, 15) is 14.6 Å². The van der Waals surface area contributed by atoms with Crippen LogP contribution in [0.2, 0.25) is 5.02 Å². The van der Waals surface area contributed by atoms with Gasteiger partial charge in [0.15, 0.2) is 0 Å². The molecule has 220 valence electrons. The summed E-state index contributed by atoms with van der Waals surface area (Å²) in [5, 5.41) is 20.6. The molecule has 3 aliphatic heterocycles. The third-order valence-corrected chi connectivity index (χ3v) is 9.31. The zero-order valence-corrected chi connectivity index (χ0v) is 24.5. The molecule has 1 unspecified atom stereocenters. The van der Waals surface area contributed by atoms with Gasteiger partial charge in [0.25, 0.3) is 0 Å². The van der Waals surface area contributed by atoms with Crippen LogP contribution in [-0.4, -0.2) is 57.1 Å². The molecule has 3 aromatic rings. The zero-order valence-electron chi connectivity index (χ0n) is 23.8. The van der Waals surface area contributed by atoms with Gasteiger partial charge in [-0.2, -0.15) is 0 Å². The number of aryl methyl sites for hydroxylation is 1. The highest BCUT2D eigenvalue weighted by Gasteiger charge is 2.41. The lowest BCUT2D eigenvalue weighted by Gasteiger charge is -2.33. The summed E-state index contributed by atoms with van der Waals surface area (Å²) in [5.41, 5.74) is 3.84. The minimum absolute atomic E-state index is 0.0728. The quantitative estimate of drug-likeness (QED) is 0.350. The van der Waals surface area contributed by atoms with Crippen LogP contribution < -0.4 is 4.74 Å². The van der Waals surface area contributed by atoms with Gasteiger partial charge in [0, 0.05) is 42.2 Å². The van der Waals surface area contributed by atoms with Gasteiger partial charge < -0.3 is 24.3 Å². The molecular weight excluding hydrogens is 545 g/mol. The van der Waals surface area contributed by atoms with E-state index in [0.29, 0.717) is 36.0 Å². The fraction of sp³-hybridized carbons (Fsp3) is 0.531. The molecule has 7 nitrogen and oxygen atoms in total. The first-order chi connectivity index (χ1) is 19.8. The van der Waals surface area contributed by atoms with Gasteiger partial charge in [0.05, 0.1) is 36.7 Å². The van der Waals surface area contributed by atoms with Crippen LogP contribution in [0.1, 0.15) is 78.5 Å². The summed E-state index contributed by atoms with van der Waals surface area (Å²) in [7, 11) is 0. The number of nitrogens with zero attached hydrogens (tertiary/aromatic N) is 3. The van der Waals surface area contributed by atoms with Gasteiger partial charge in [-0.1, -0.05) is 29.8 Å². The highest BCUT2D eigenvalue weighted by Crippen LogP contribution is 2.46. The van der Waals surface area contributed by atoms with Crippen LogP contribution in [0, 0.1) is 12.7 Å². The van der Waals surface area contributed by atoms with Gasteiger partial charge >= 0.3 is 0 Å². The predicted molar refractivity (Wildman–Crippen MR) is 155 cm³/mol. The fourth-order valence-corrected chi connectivity index (χ4v) is 6.98. The summed E-state index contributed by atoms with van der Waals surface area (Å²) >= 11 is 6.01. The van der Waals surface area contributed by atoms with Crippen molar-refractivity contribution in [3.63, 3.8) is 0 Å². The lowest BCUT2D eigenvalue weighted by Crippen LogP contribution is -2.36. The smallest absolute Gasteiger partial charge is 0.138 e. The molecule has 0 aliphatic carbocycles. The summed E-state index contributed by atoms with van der Waals surface area (Å²) in [6.45, 7) is 7.83. The van der Waals surface area contributed by atoms with Crippen LogP contribution in [0.3, 0.4) is 0 Å². The van der Waals surface area contributed by atoms with Gasteiger partial charge in [0.1, 0.15) is 23.0 Å². The maximum atomic E-state index is 14.9. The number of benzene rings is 2. The number of aliphatic hydroxyl groups is 2. The molecule has 0 spiro atoms. The first kappa shape index (κ1) is 28.6. The van der Waals surface area contributed by atoms with Crippen molar-refractivity contribution in [1.82, 2.24) is 14.5 Å². The Morgan fingerprint density at radius 1 is 1.20 bits per heavy atom. The molecule has 2 N–H and O–H groups in total. The fourth-order valence-electron chi connectivity index (χ4n) is 6.82. The molecule has 9 heteroatoms. The molecule has 0 radical (unpaired) electrons. The number of aromatic nitrogens is 2. The van der Waals surface area contributed by atoms with Crippen LogP contribution in [0.4, 0.5) is 4.39 Å². The van der Waals surface area contributed by atoms with Crippen molar-refractivity contribution < 1.29 is 24.1 Å². The first-order valence-electron chi connectivity index (χ1n) is 14.7. The van der Waals surface area contributed by atoms with Gasteiger partial charge in [-0.25, -0.2) is 9.37 Å². The molecule has 0 amide bonds. The monoisotopic (exact) mass is 583 g/mol. The Morgan fingerprint density at radius 3 is 2.66 bits per heavy atom. The number of likely N-dealkylation sites (tertiary alicyclic amines) is 1. The van der Waals surface area contributed by atoms with E-state index in [1.807, 2.05) is 26.0 Å². The number of hydrogen-bond donors (Lipinski definition) is 2. The molecule has 2 fully saturated rings. The molecule has 3 aliphatic rings. The largest absolute Gasteiger partial charge is 0.482 e. The molecule has 41 heavy (non-hydrogen) atoms. The number of rotatable bonds is 9. The van der Waals surface area contributed by atoms with Crippen LogP contribution >= 0.6 is 11.6 Å². The van der Waals surface area contributed by atoms with Gasteiger partial charge in [-0.05, 0) is 75.9 Å². The average molecular weight is 584 g/mol. The number of ether oxygens (including phenoxy) is 2. The lowest BCUT2D eigenvalue weighted by molar-refractivity contribution is -0.0608. The van der Waals surface area contributed by atoms with Crippen molar-refractivity contribution >= 4 is 11.6 Å². The summed E-state index contributed by atoms with van der Waals surface area (Å²) < 4.78 is 29.1. The molecule has 4 heterocycles.